The number of rotatable bonds is 2. The van der Waals surface area contributed by atoms with Crippen molar-refractivity contribution in [2.45, 2.75) is 57.1 Å². The number of aliphatic hydroxyl groups is 3. The molecule has 100 valence electrons. The summed E-state index contributed by atoms with van der Waals surface area (Å²) in [4.78, 5) is 10.7. The third kappa shape index (κ3) is 3.36. The summed E-state index contributed by atoms with van der Waals surface area (Å²) in [6.07, 6.45) is -7.64. The van der Waals surface area contributed by atoms with Crippen LogP contribution in [-0.2, 0) is 14.3 Å². The highest BCUT2D eigenvalue weighted by atomic mass is 16.7. The standard InChI is InChI=1S/C10H18O7/c1-10(2,3)17-7-5(12)4(11)6(8(13)14)16-9(7)15/h4-7,9,11-12,15H,1-3H3,(H,13,14)/t4-,5-,6-,7+,9+/m0/s1. The Bertz CT molecular complexity index is 285. The molecular formula is C10H18O7. The molecule has 0 spiro atoms. The number of aliphatic carboxylic acids is 1. The lowest BCUT2D eigenvalue weighted by Gasteiger charge is -2.41. The minimum atomic E-state index is -1.67. The zero-order valence-corrected chi connectivity index (χ0v) is 9.90. The maximum absolute atomic E-state index is 10.7. The van der Waals surface area contributed by atoms with Gasteiger partial charge in [-0.3, -0.25) is 0 Å². The molecule has 0 bridgehead atoms. The second kappa shape index (κ2) is 4.87. The van der Waals surface area contributed by atoms with Crippen LogP contribution in [0.25, 0.3) is 0 Å². The number of hydrogen-bond acceptors (Lipinski definition) is 6. The van der Waals surface area contributed by atoms with Gasteiger partial charge in [0.25, 0.3) is 0 Å². The minimum absolute atomic E-state index is 0.675. The lowest BCUT2D eigenvalue weighted by Crippen LogP contribution is -2.61. The first kappa shape index (κ1) is 14.3. The predicted molar refractivity (Wildman–Crippen MR) is 55.2 cm³/mol. The number of carboxylic acids is 1. The number of aliphatic hydroxyl groups excluding tert-OH is 3. The van der Waals surface area contributed by atoms with Crippen LogP contribution in [-0.4, -0.2) is 62.7 Å². The first-order chi connectivity index (χ1) is 7.63. The van der Waals surface area contributed by atoms with E-state index in [1.165, 1.54) is 0 Å². The second-order valence-corrected chi connectivity index (χ2v) is 4.96. The quantitative estimate of drug-likeness (QED) is 0.481. The van der Waals surface area contributed by atoms with Crippen molar-refractivity contribution in [1.29, 1.82) is 0 Å². The Labute approximate surface area is 98.6 Å². The van der Waals surface area contributed by atoms with E-state index < -0.39 is 42.3 Å². The van der Waals surface area contributed by atoms with Crippen molar-refractivity contribution < 1.29 is 34.7 Å². The molecule has 0 aromatic rings. The van der Waals surface area contributed by atoms with E-state index in [1.807, 2.05) is 0 Å². The molecule has 1 rings (SSSR count). The van der Waals surface area contributed by atoms with Gasteiger partial charge in [-0.25, -0.2) is 4.79 Å². The van der Waals surface area contributed by atoms with Crippen LogP contribution < -0.4 is 0 Å². The van der Waals surface area contributed by atoms with E-state index in [9.17, 15) is 20.1 Å². The molecule has 0 aliphatic carbocycles. The summed E-state index contributed by atoms with van der Waals surface area (Å²) in [5.74, 6) is -1.45. The van der Waals surface area contributed by atoms with E-state index in [0.717, 1.165) is 0 Å². The summed E-state index contributed by atoms with van der Waals surface area (Å²) >= 11 is 0. The Hall–Kier alpha value is -0.730. The fourth-order valence-corrected chi connectivity index (χ4v) is 1.59. The number of carbonyl (C=O) groups is 1. The van der Waals surface area contributed by atoms with Crippen molar-refractivity contribution in [3.05, 3.63) is 0 Å². The van der Waals surface area contributed by atoms with Crippen molar-refractivity contribution in [2.75, 3.05) is 0 Å². The average molecular weight is 250 g/mol. The zero-order chi connectivity index (χ0) is 13.4. The van der Waals surface area contributed by atoms with Crippen LogP contribution in [0.15, 0.2) is 0 Å². The number of ether oxygens (including phenoxy) is 2. The van der Waals surface area contributed by atoms with Gasteiger partial charge in [-0.1, -0.05) is 0 Å². The molecule has 1 heterocycles. The molecule has 1 aliphatic rings. The van der Waals surface area contributed by atoms with E-state index in [0.29, 0.717) is 0 Å². The Morgan fingerprint density at radius 1 is 1.18 bits per heavy atom. The summed E-state index contributed by atoms with van der Waals surface area (Å²) in [5, 5.41) is 37.5. The first-order valence-electron chi connectivity index (χ1n) is 5.24. The largest absolute Gasteiger partial charge is 0.479 e. The van der Waals surface area contributed by atoms with Crippen LogP contribution in [0.4, 0.5) is 0 Å². The summed E-state index contributed by atoms with van der Waals surface area (Å²) in [5.41, 5.74) is -0.675. The smallest absolute Gasteiger partial charge is 0.335 e. The summed E-state index contributed by atoms with van der Waals surface area (Å²) < 4.78 is 10.0. The monoisotopic (exact) mass is 250 g/mol. The van der Waals surface area contributed by atoms with Gasteiger partial charge in [0.05, 0.1) is 5.60 Å². The highest BCUT2D eigenvalue weighted by Crippen LogP contribution is 2.26. The fourth-order valence-electron chi connectivity index (χ4n) is 1.59. The Morgan fingerprint density at radius 2 is 1.71 bits per heavy atom. The number of hydrogen-bond donors (Lipinski definition) is 4. The van der Waals surface area contributed by atoms with Crippen molar-refractivity contribution in [3.63, 3.8) is 0 Å². The predicted octanol–water partition coefficient (Wildman–Crippen LogP) is -1.31. The lowest BCUT2D eigenvalue weighted by molar-refractivity contribution is -0.303. The summed E-state index contributed by atoms with van der Waals surface area (Å²) in [6.45, 7) is 5.09. The van der Waals surface area contributed by atoms with Crippen molar-refractivity contribution in [3.8, 4) is 0 Å². The van der Waals surface area contributed by atoms with Gasteiger partial charge in [0, 0.05) is 0 Å². The van der Waals surface area contributed by atoms with Crippen molar-refractivity contribution in [2.24, 2.45) is 0 Å². The van der Waals surface area contributed by atoms with Crippen LogP contribution in [0.5, 0.6) is 0 Å². The third-order valence-electron chi connectivity index (χ3n) is 2.30. The maximum Gasteiger partial charge on any atom is 0.335 e. The molecule has 0 radical (unpaired) electrons. The van der Waals surface area contributed by atoms with E-state index in [4.69, 9.17) is 14.6 Å². The maximum atomic E-state index is 10.7. The molecule has 4 N–H and O–H groups in total. The highest BCUT2D eigenvalue weighted by Gasteiger charge is 2.48. The Balaban J connectivity index is 2.80. The third-order valence-corrected chi connectivity index (χ3v) is 2.30. The molecule has 1 saturated heterocycles. The van der Waals surface area contributed by atoms with Gasteiger partial charge in [0.1, 0.15) is 18.3 Å². The molecule has 0 saturated carbocycles. The van der Waals surface area contributed by atoms with E-state index in [-0.39, 0.29) is 0 Å². The van der Waals surface area contributed by atoms with E-state index in [1.54, 1.807) is 20.8 Å². The first-order valence-corrected chi connectivity index (χ1v) is 5.24. The van der Waals surface area contributed by atoms with E-state index >= 15 is 0 Å². The molecule has 17 heavy (non-hydrogen) atoms. The van der Waals surface area contributed by atoms with Gasteiger partial charge >= 0.3 is 5.97 Å². The zero-order valence-electron chi connectivity index (χ0n) is 9.90. The van der Waals surface area contributed by atoms with Gasteiger partial charge < -0.3 is 29.9 Å². The van der Waals surface area contributed by atoms with Crippen LogP contribution in [0.3, 0.4) is 0 Å². The topological polar surface area (TPSA) is 116 Å². The molecule has 1 fully saturated rings. The number of carboxylic acid groups (broad SMARTS) is 1. The van der Waals surface area contributed by atoms with Gasteiger partial charge in [-0.2, -0.15) is 0 Å². The molecule has 0 amide bonds. The van der Waals surface area contributed by atoms with Gasteiger partial charge in [-0.15, -0.1) is 0 Å². The molecule has 5 atom stereocenters. The summed E-state index contributed by atoms with van der Waals surface area (Å²) in [6, 6.07) is 0. The summed E-state index contributed by atoms with van der Waals surface area (Å²) in [7, 11) is 0. The van der Waals surface area contributed by atoms with Crippen molar-refractivity contribution >= 4 is 5.97 Å². The Kier molecular flexibility index (Phi) is 4.11. The van der Waals surface area contributed by atoms with Crippen LogP contribution in [0.1, 0.15) is 20.8 Å². The van der Waals surface area contributed by atoms with Crippen LogP contribution >= 0.6 is 0 Å². The van der Waals surface area contributed by atoms with Crippen molar-refractivity contribution in [1.82, 2.24) is 0 Å². The lowest BCUT2D eigenvalue weighted by atomic mass is 9.98. The highest BCUT2D eigenvalue weighted by molar-refractivity contribution is 5.73. The molecular weight excluding hydrogens is 232 g/mol. The molecule has 0 aromatic heterocycles. The normalized spacial score (nSPS) is 39.1. The van der Waals surface area contributed by atoms with Crippen LogP contribution in [0, 0.1) is 0 Å². The Morgan fingerprint density at radius 3 is 2.12 bits per heavy atom. The van der Waals surface area contributed by atoms with Gasteiger partial charge in [0.15, 0.2) is 12.4 Å². The minimum Gasteiger partial charge on any atom is -0.479 e. The van der Waals surface area contributed by atoms with Gasteiger partial charge in [-0.05, 0) is 20.8 Å². The van der Waals surface area contributed by atoms with E-state index in [2.05, 4.69) is 0 Å². The fraction of sp³-hybridized carbons (Fsp3) is 0.900. The molecule has 0 unspecified atom stereocenters. The second-order valence-electron chi connectivity index (χ2n) is 4.96. The molecule has 0 aromatic carbocycles. The average Bonchev–Trinajstić information content (AvgIpc) is 2.16. The molecule has 1 aliphatic heterocycles. The van der Waals surface area contributed by atoms with Gasteiger partial charge in [0.2, 0.25) is 0 Å². The van der Waals surface area contributed by atoms with Crippen LogP contribution in [0.2, 0.25) is 0 Å². The molecule has 7 nitrogen and oxygen atoms in total. The SMILES string of the molecule is CC(C)(C)O[C@@H]1[C@@H](O)[C@H](O)[C@@H](C(=O)O)O[C@H]1O. The molecule has 7 heteroatoms.